The number of piperidine rings is 1. The highest BCUT2D eigenvalue weighted by Gasteiger charge is 2.43. The van der Waals surface area contributed by atoms with Gasteiger partial charge in [0, 0.05) is 30.7 Å². The third-order valence-electron chi connectivity index (χ3n) is 4.67. The van der Waals surface area contributed by atoms with Gasteiger partial charge in [-0.25, -0.2) is 9.67 Å². The van der Waals surface area contributed by atoms with Gasteiger partial charge in [0.2, 0.25) is 5.13 Å². The fourth-order valence-electron chi connectivity index (χ4n) is 3.77. The van der Waals surface area contributed by atoms with Crippen LogP contribution in [-0.2, 0) is 11.3 Å². The highest BCUT2D eigenvalue weighted by molar-refractivity contribution is 7.09. The molecule has 7 nitrogen and oxygen atoms in total. The van der Waals surface area contributed by atoms with Crippen LogP contribution in [-0.4, -0.2) is 43.5 Å². The van der Waals surface area contributed by atoms with E-state index in [9.17, 15) is 0 Å². The van der Waals surface area contributed by atoms with E-state index in [-0.39, 0.29) is 0 Å². The van der Waals surface area contributed by atoms with Gasteiger partial charge in [-0.05, 0) is 32.6 Å². The van der Waals surface area contributed by atoms with Gasteiger partial charge < -0.3 is 9.64 Å². The lowest BCUT2D eigenvalue weighted by atomic mass is 9.98. The van der Waals surface area contributed by atoms with Crippen LogP contribution in [0, 0.1) is 6.92 Å². The number of aryl methyl sites for hydroxylation is 1. The molecular formula is C14H20N6OS. The van der Waals surface area contributed by atoms with Gasteiger partial charge in [-0.2, -0.15) is 4.37 Å². The van der Waals surface area contributed by atoms with E-state index in [4.69, 9.17) is 4.74 Å². The number of nitrogens with zero attached hydrogens (tertiary/aromatic N) is 6. The summed E-state index contributed by atoms with van der Waals surface area (Å²) < 4.78 is 11.5. The Hall–Kier alpha value is -1.54. The van der Waals surface area contributed by atoms with Crippen LogP contribution >= 0.6 is 11.5 Å². The van der Waals surface area contributed by atoms with Crippen molar-refractivity contribution in [3.63, 3.8) is 0 Å². The summed E-state index contributed by atoms with van der Waals surface area (Å²) in [5.41, 5.74) is 0.900. The molecule has 0 N–H and O–H groups in total. The lowest BCUT2D eigenvalue weighted by molar-refractivity contribution is 0.181. The quantitative estimate of drug-likeness (QED) is 0.858. The number of aromatic nitrogens is 5. The van der Waals surface area contributed by atoms with Crippen LogP contribution in [0.2, 0.25) is 0 Å². The van der Waals surface area contributed by atoms with Crippen LogP contribution in [0.15, 0.2) is 6.20 Å². The summed E-state index contributed by atoms with van der Waals surface area (Å²) in [6, 6.07) is 1.53. The molecule has 4 heterocycles. The molecule has 2 unspecified atom stereocenters. The van der Waals surface area contributed by atoms with Gasteiger partial charge in [-0.1, -0.05) is 5.21 Å². The molecule has 8 heteroatoms. The zero-order valence-corrected chi connectivity index (χ0v) is 13.7. The zero-order chi connectivity index (χ0) is 15.1. The van der Waals surface area contributed by atoms with Crippen LogP contribution in [0.5, 0.6) is 0 Å². The van der Waals surface area contributed by atoms with Crippen molar-refractivity contribution < 1.29 is 4.74 Å². The van der Waals surface area contributed by atoms with Crippen LogP contribution in [0.3, 0.4) is 0 Å². The first-order valence-corrected chi connectivity index (χ1v) is 8.50. The first-order chi connectivity index (χ1) is 10.7. The number of hydrogen-bond donors (Lipinski definition) is 0. The van der Waals surface area contributed by atoms with Gasteiger partial charge in [0.05, 0.1) is 18.8 Å². The van der Waals surface area contributed by atoms with E-state index in [1.54, 1.807) is 7.11 Å². The number of fused-ring (bicyclic) bond motifs is 2. The van der Waals surface area contributed by atoms with Crippen molar-refractivity contribution in [3.05, 3.63) is 17.7 Å². The highest BCUT2D eigenvalue weighted by Crippen LogP contribution is 2.43. The molecule has 0 saturated carbocycles. The molecule has 2 bridgehead atoms. The Balaban J connectivity index is 1.52. The van der Waals surface area contributed by atoms with Crippen molar-refractivity contribution in [2.45, 2.75) is 57.3 Å². The summed E-state index contributed by atoms with van der Waals surface area (Å²) in [6.45, 7) is 2.48. The largest absolute Gasteiger partial charge is 0.378 e. The molecule has 22 heavy (non-hydrogen) atoms. The standard InChI is InChI=1S/C14H20N6OS/c1-9-15-14(22-17-9)20-11-3-4-12(20)6-13(5-11)19-7-10(8-21-2)16-18-19/h7,11-13H,3-6,8H2,1-2H3. The normalized spacial score (nSPS) is 27.5. The average Bonchev–Trinajstić information content (AvgIpc) is 3.18. The maximum atomic E-state index is 5.12. The molecule has 2 atom stereocenters. The maximum Gasteiger partial charge on any atom is 0.205 e. The minimum atomic E-state index is 0.431. The molecule has 0 aromatic carbocycles. The molecule has 2 aliphatic heterocycles. The highest BCUT2D eigenvalue weighted by atomic mass is 32.1. The molecule has 2 fully saturated rings. The Labute approximate surface area is 133 Å². The monoisotopic (exact) mass is 320 g/mol. The molecule has 0 amide bonds. The number of anilines is 1. The summed E-state index contributed by atoms with van der Waals surface area (Å²) in [4.78, 5) is 7.08. The van der Waals surface area contributed by atoms with Gasteiger partial charge in [0.15, 0.2) is 0 Å². The molecular weight excluding hydrogens is 300 g/mol. The molecule has 2 aromatic rings. The van der Waals surface area contributed by atoms with Crippen molar-refractivity contribution in [2.75, 3.05) is 12.0 Å². The van der Waals surface area contributed by atoms with Gasteiger partial charge in [0.25, 0.3) is 0 Å². The van der Waals surface area contributed by atoms with Crippen molar-refractivity contribution in [2.24, 2.45) is 0 Å². The number of rotatable bonds is 4. The topological polar surface area (TPSA) is 69.0 Å². The fraction of sp³-hybridized carbons (Fsp3) is 0.714. The third-order valence-corrected chi connectivity index (χ3v) is 5.49. The molecule has 0 spiro atoms. The van der Waals surface area contributed by atoms with Gasteiger partial charge >= 0.3 is 0 Å². The van der Waals surface area contributed by atoms with E-state index in [1.807, 2.05) is 17.8 Å². The Morgan fingerprint density at radius 2 is 2.05 bits per heavy atom. The van der Waals surface area contributed by atoms with E-state index in [0.29, 0.717) is 24.7 Å². The Morgan fingerprint density at radius 1 is 1.27 bits per heavy atom. The second kappa shape index (κ2) is 5.58. The van der Waals surface area contributed by atoms with Crippen molar-refractivity contribution in [1.29, 1.82) is 0 Å². The van der Waals surface area contributed by atoms with Crippen LogP contribution in [0.4, 0.5) is 5.13 Å². The van der Waals surface area contributed by atoms with Crippen LogP contribution in [0.1, 0.15) is 43.2 Å². The molecule has 0 radical (unpaired) electrons. The third kappa shape index (κ3) is 2.40. The summed E-state index contributed by atoms with van der Waals surface area (Å²) in [6.07, 6.45) is 6.70. The summed E-state index contributed by atoms with van der Waals surface area (Å²) in [7, 11) is 1.68. The van der Waals surface area contributed by atoms with Crippen LogP contribution in [0.25, 0.3) is 0 Å². The zero-order valence-electron chi connectivity index (χ0n) is 12.8. The predicted octanol–water partition coefficient (Wildman–Crippen LogP) is 1.96. The molecule has 0 aliphatic carbocycles. The minimum Gasteiger partial charge on any atom is -0.378 e. The van der Waals surface area contributed by atoms with Gasteiger partial charge in [-0.3, -0.25) is 0 Å². The number of hydrogen-bond acceptors (Lipinski definition) is 7. The molecule has 2 saturated heterocycles. The van der Waals surface area contributed by atoms with E-state index < -0.39 is 0 Å². The lowest BCUT2D eigenvalue weighted by Gasteiger charge is -2.38. The smallest absolute Gasteiger partial charge is 0.205 e. The summed E-state index contributed by atoms with van der Waals surface area (Å²) in [5.74, 6) is 0.877. The second-order valence-electron chi connectivity index (χ2n) is 6.16. The average molecular weight is 320 g/mol. The van der Waals surface area contributed by atoms with Crippen molar-refractivity contribution >= 4 is 16.7 Å². The predicted molar refractivity (Wildman–Crippen MR) is 82.9 cm³/mol. The molecule has 2 aliphatic rings. The Kier molecular flexibility index (Phi) is 3.57. The Bertz CT molecular complexity index is 641. The van der Waals surface area contributed by atoms with E-state index in [1.165, 1.54) is 24.4 Å². The maximum absolute atomic E-state index is 5.12. The van der Waals surface area contributed by atoms with E-state index in [2.05, 4.69) is 24.6 Å². The molecule has 4 rings (SSSR count). The Morgan fingerprint density at radius 3 is 2.68 bits per heavy atom. The van der Waals surface area contributed by atoms with Gasteiger partial charge in [0.1, 0.15) is 11.5 Å². The first kappa shape index (κ1) is 14.1. The van der Waals surface area contributed by atoms with Crippen molar-refractivity contribution in [1.82, 2.24) is 24.4 Å². The number of methoxy groups -OCH3 is 1. The molecule has 118 valence electrons. The second-order valence-corrected chi connectivity index (χ2v) is 6.89. The summed E-state index contributed by atoms with van der Waals surface area (Å²) in [5, 5.41) is 9.57. The lowest BCUT2D eigenvalue weighted by Crippen LogP contribution is -2.43. The molecule has 2 aromatic heterocycles. The van der Waals surface area contributed by atoms with Crippen molar-refractivity contribution in [3.8, 4) is 0 Å². The van der Waals surface area contributed by atoms with Crippen LogP contribution < -0.4 is 4.90 Å². The summed E-state index contributed by atoms with van der Waals surface area (Å²) >= 11 is 1.52. The van der Waals surface area contributed by atoms with E-state index >= 15 is 0 Å². The minimum absolute atomic E-state index is 0.431. The fourth-order valence-corrected chi connectivity index (χ4v) is 4.59. The number of ether oxygens (including phenoxy) is 1. The SMILES string of the molecule is COCc1cn(C2CC3CCC(C2)N3c2nc(C)ns2)nn1. The van der Waals surface area contributed by atoms with E-state index in [0.717, 1.165) is 29.5 Å². The first-order valence-electron chi connectivity index (χ1n) is 7.73. The van der Waals surface area contributed by atoms with Gasteiger partial charge in [-0.15, -0.1) is 5.10 Å².